The van der Waals surface area contributed by atoms with Crippen LogP contribution < -0.4 is 5.32 Å². The maximum Gasteiger partial charge on any atom is 0.153 e. The number of rotatable bonds is 3. The fraction of sp³-hybridized carbons (Fsp3) is 0.385. The summed E-state index contributed by atoms with van der Waals surface area (Å²) in [6.07, 6.45) is 1.89. The van der Waals surface area contributed by atoms with Crippen molar-refractivity contribution in [1.29, 1.82) is 0 Å². The van der Waals surface area contributed by atoms with Gasteiger partial charge in [-0.05, 0) is 45.0 Å². The molecule has 17 heavy (non-hydrogen) atoms. The predicted molar refractivity (Wildman–Crippen MR) is 68.3 cm³/mol. The number of aromatic nitrogens is 3. The summed E-state index contributed by atoms with van der Waals surface area (Å²) in [5.41, 5.74) is 4.61. The summed E-state index contributed by atoms with van der Waals surface area (Å²) >= 11 is 0. The Hall–Kier alpha value is -1.68. The van der Waals surface area contributed by atoms with Gasteiger partial charge in [0.05, 0.1) is 5.69 Å². The van der Waals surface area contributed by atoms with Gasteiger partial charge in [0.25, 0.3) is 0 Å². The van der Waals surface area contributed by atoms with Crippen molar-refractivity contribution in [3.05, 3.63) is 40.8 Å². The molecule has 90 valence electrons. The average molecular weight is 230 g/mol. The van der Waals surface area contributed by atoms with Gasteiger partial charge in [-0.2, -0.15) is 5.10 Å². The van der Waals surface area contributed by atoms with Gasteiger partial charge in [0, 0.05) is 18.4 Å². The third-order valence-corrected chi connectivity index (χ3v) is 3.06. The molecule has 2 rings (SSSR count). The second kappa shape index (κ2) is 4.67. The van der Waals surface area contributed by atoms with E-state index in [0.717, 1.165) is 23.8 Å². The molecule has 0 amide bonds. The first-order valence-corrected chi connectivity index (χ1v) is 5.76. The van der Waals surface area contributed by atoms with Gasteiger partial charge in [-0.1, -0.05) is 6.07 Å². The normalized spacial score (nSPS) is 10.8. The minimum absolute atomic E-state index is 0.837. The lowest BCUT2D eigenvalue weighted by atomic mass is 10.2. The van der Waals surface area contributed by atoms with E-state index in [2.05, 4.69) is 35.3 Å². The molecule has 0 bridgehead atoms. The molecular weight excluding hydrogens is 212 g/mol. The monoisotopic (exact) mass is 230 g/mol. The van der Waals surface area contributed by atoms with E-state index < -0.39 is 0 Å². The van der Waals surface area contributed by atoms with Gasteiger partial charge in [0.1, 0.15) is 0 Å². The molecule has 2 heterocycles. The molecule has 0 unspecified atom stereocenters. The molecule has 0 aliphatic rings. The molecule has 0 saturated heterocycles. The smallest absolute Gasteiger partial charge is 0.153 e. The molecule has 0 spiro atoms. The Balaban J connectivity index is 2.36. The third-order valence-electron chi connectivity index (χ3n) is 3.06. The average Bonchev–Trinajstić information content (AvgIpc) is 2.59. The molecule has 0 aromatic carbocycles. The van der Waals surface area contributed by atoms with Crippen LogP contribution in [-0.2, 0) is 6.54 Å². The van der Waals surface area contributed by atoms with Crippen LogP contribution in [0, 0.1) is 20.8 Å². The molecular formula is C13H18N4. The third kappa shape index (κ3) is 2.22. The number of nitrogens with one attached hydrogen (secondary N) is 1. The molecule has 4 nitrogen and oxygen atoms in total. The van der Waals surface area contributed by atoms with Crippen molar-refractivity contribution in [3.8, 4) is 5.82 Å². The molecule has 2 aromatic rings. The Kier molecular flexibility index (Phi) is 3.24. The molecule has 0 atom stereocenters. The van der Waals surface area contributed by atoms with Crippen LogP contribution in [0.25, 0.3) is 5.82 Å². The Bertz CT molecular complexity index is 511. The standard InChI is InChI=1S/C13H18N4/c1-9-10(2)16-17(11(9)3)13-6-5-12(7-14-4)8-15-13/h5-6,8,14H,7H2,1-4H3. The fourth-order valence-corrected chi connectivity index (χ4v) is 1.79. The van der Waals surface area contributed by atoms with Gasteiger partial charge in [-0.25, -0.2) is 9.67 Å². The molecule has 4 heteroatoms. The van der Waals surface area contributed by atoms with Crippen LogP contribution in [0.2, 0.25) is 0 Å². The molecule has 0 saturated carbocycles. The highest BCUT2D eigenvalue weighted by Crippen LogP contribution is 2.15. The molecule has 0 aliphatic carbocycles. The van der Waals surface area contributed by atoms with Crippen LogP contribution >= 0.6 is 0 Å². The molecule has 0 aliphatic heterocycles. The zero-order chi connectivity index (χ0) is 12.4. The molecule has 2 aromatic heterocycles. The van der Waals surface area contributed by atoms with E-state index in [9.17, 15) is 0 Å². The van der Waals surface area contributed by atoms with Gasteiger partial charge in [0.2, 0.25) is 0 Å². The van der Waals surface area contributed by atoms with Crippen LogP contribution in [0.4, 0.5) is 0 Å². The minimum atomic E-state index is 0.837. The van der Waals surface area contributed by atoms with Crippen molar-refractivity contribution in [2.45, 2.75) is 27.3 Å². The second-order valence-electron chi connectivity index (χ2n) is 4.26. The van der Waals surface area contributed by atoms with Crippen LogP contribution in [0.1, 0.15) is 22.5 Å². The molecule has 0 radical (unpaired) electrons. The summed E-state index contributed by atoms with van der Waals surface area (Å²) < 4.78 is 1.90. The van der Waals surface area contributed by atoms with Gasteiger partial charge in [0.15, 0.2) is 5.82 Å². The van der Waals surface area contributed by atoms with Crippen LogP contribution in [0.15, 0.2) is 18.3 Å². The largest absolute Gasteiger partial charge is 0.316 e. The first-order chi connectivity index (χ1) is 8.13. The number of pyridine rings is 1. The highest BCUT2D eigenvalue weighted by molar-refractivity contribution is 5.32. The number of nitrogens with zero attached hydrogens (tertiary/aromatic N) is 3. The highest BCUT2D eigenvalue weighted by atomic mass is 15.3. The van der Waals surface area contributed by atoms with E-state index in [0.29, 0.717) is 0 Å². The lowest BCUT2D eigenvalue weighted by molar-refractivity contribution is 0.787. The molecule has 1 N–H and O–H groups in total. The topological polar surface area (TPSA) is 42.7 Å². The Morgan fingerprint density at radius 3 is 2.47 bits per heavy atom. The zero-order valence-corrected chi connectivity index (χ0v) is 10.8. The number of hydrogen-bond donors (Lipinski definition) is 1. The van der Waals surface area contributed by atoms with E-state index >= 15 is 0 Å². The molecule has 0 fully saturated rings. The maximum atomic E-state index is 4.49. The summed E-state index contributed by atoms with van der Waals surface area (Å²) in [7, 11) is 1.93. The van der Waals surface area contributed by atoms with Gasteiger partial charge >= 0.3 is 0 Å². The minimum Gasteiger partial charge on any atom is -0.316 e. The lowest BCUT2D eigenvalue weighted by Gasteiger charge is -2.05. The number of hydrogen-bond acceptors (Lipinski definition) is 3. The fourth-order valence-electron chi connectivity index (χ4n) is 1.79. The summed E-state index contributed by atoms with van der Waals surface area (Å²) in [6, 6.07) is 4.08. The zero-order valence-electron chi connectivity index (χ0n) is 10.8. The summed E-state index contributed by atoms with van der Waals surface area (Å²) in [6.45, 7) is 7.01. The van der Waals surface area contributed by atoms with Crippen molar-refractivity contribution in [2.24, 2.45) is 0 Å². The predicted octanol–water partition coefficient (Wildman–Crippen LogP) is 1.91. The second-order valence-corrected chi connectivity index (χ2v) is 4.26. The van der Waals surface area contributed by atoms with E-state index in [1.807, 2.05) is 30.9 Å². The first kappa shape index (κ1) is 11.8. The summed E-state index contributed by atoms with van der Waals surface area (Å²) in [5.74, 6) is 0.874. The van der Waals surface area contributed by atoms with Crippen LogP contribution in [0.5, 0.6) is 0 Å². The highest BCUT2D eigenvalue weighted by Gasteiger charge is 2.09. The van der Waals surface area contributed by atoms with Crippen molar-refractivity contribution < 1.29 is 0 Å². The summed E-state index contributed by atoms with van der Waals surface area (Å²) in [5, 5.41) is 7.60. The number of aryl methyl sites for hydroxylation is 1. The van der Waals surface area contributed by atoms with Crippen molar-refractivity contribution in [1.82, 2.24) is 20.1 Å². The quantitative estimate of drug-likeness (QED) is 0.876. The van der Waals surface area contributed by atoms with Crippen LogP contribution in [-0.4, -0.2) is 21.8 Å². The first-order valence-electron chi connectivity index (χ1n) is 5.76. The SMILES string of the molecule is CNCc1ccc(-n2nc(C)c(C)c2C)nc1. The Labute approximate surface area is 102 Å². The van der Waals surface area contributed by atoms with Crippen LogP contribution in [0.3, 0.4) is 0 Å². The summed E-state index contributed by atoms with van der Waals surface area (Å²) in [4.78, 5) is 4.44. The lowest BCUT2D eigenvalue weighted by Crippen LogP contribution is -2.07. The van der Waals surface area contributed by atoms with E-state index in [1.54, 1.807) is 0 Å². The Morgan fingerprint density at radius 2 is 2.00 bits per heavy atom. The van der Waals surface area contributed by atoms with Crippen molar-refractivity contribution in [2.75, 3.05) is 7.05 Å². The Morgan fingerprint density at radius 1 is 1.24 bits per heavy atom. The van der Waals surface area contributed by atoms with E-state index in [1.165, 1.54) is 11.1 Å². The van der Waals surface area contributed by atoms with Gasteiger partial charge in [-0.3, -0.25) is 0 Å². The van der Waals surface area contributed by atoms with Gasteiger partial charge in [-0.15, -0.1) is 0 Å². The van der Waals surface area contributed by atoms with E-state index in [4.69, 9.17) is 0 Å². The van der Waals surface area contributed by atoms with Crippen molar-refractivity contribution >= 4 is 0 Å². The van der Waals surface area contributed by atoms with Gasteiger partial charge < -0.3 is 5.32 Å². The maximum absolute atomic E-state index is 4.49. The van der Waals surface area contributed by atoms with Crippen molar-refractivity contribution in [3.63, 3.8) is 0 Å². The van der Waals surface area contributed by atoms with E-state index in [-0.39, 0.29) is 0 Å².